The van der Waals surface area contributed by atoms with Gasteiger partial charge < -0.3 is 21.5 Å². The summed E-state index contributed by atoms with van der Waals surface area (Å²) >= 11 is 5.42. The van der Waals surface area contributed by atoms with E-state index in [0.717, 1.165) is 0 Å². The largest absolute Gasteiger partial charge is 0.377 e. The minimum atomic E-state index is 0.489. The van der Waals surface area contributed by atoms with Crippen molar-refractivity contribution in [1.82, 2.24) is 0 Å². The normalized spacial score (nSPS) is 10.8. The van der Waals surface area contributed by atoms with Crippen molar-refractivity contribution < 1.29 is 21.5 Å². The highest BCUT2D eigenvalue weighted by Crippen LogP contribution is 1.86. The fourth-order valence-electron chi connectivity index (χ4n) is 0.729. The molecule has 92 valence electrons. The van der Waals surface area contributed by atoms with Gasteiger partial charge in [0, 0.05) is 0 Å². The molecule has 15 heavy (non-hydrogen) atoms. The number of halogens is 1. The van der Waals surface area contributed by atoms with Crippen molar-refractivity contribution in [3.8, 4) is 0 Å². The number of thiol groups is 1. The number of ether oxygens (including phenoxy) is 3. The Hall–Kier alpha value is 0.880. The van der Waals surface area contributed by atoms with Crippen molar-refractivity contribution in [2.75, 3.05) is 52.9 Å². The Bertz CT molecular complexity index is 107. The average Bonchev–Trinajstić information content (AvgIpc) is 2.26. The quantitative estimate of drug-likeness (QED) is 0.248. The summed E-state index contributed by atoms with van der Waals surface area (Å²) in [5, 5.41) is 0. The smallest absolute Gasteiger partial charge is 0.109 e. The van der Waals surface area contributed by atoms with Gasteiger partial charge in [-0.2, -0.15) is 0 Å². The molecule has 0 saturated heterocycles. The van der Waals surface area contributed by atoms with Crippen LogP contribution in [-0.4, -0.2) is 52.9 Å². The molecule has 0 spiro atoms. The molecule has 0 aliphatic heterocycles. The van der Waals surface area contributed by atoms with Gasteiger partial charge in [0.15, 0.2) is 0 Å². The molecule has 0 rings (SSSR count). The molecule has 0 aromatic heterocycles. The maximum atomic E-state index is 5.24. The molecular weight excluding hydrogens is 335 g/mol. The molecule has 0 heterocycles. The highest BCUT2D eigenvalue weighted by Gasteiger charge is 1.91. The Kier molecular flexibility index (Phi) is 15.8. The molecule has 0 unspecified atom stereocenters. The van der Waals surface area contributed by atoms with Crippen LogP contribution in [0, 0.1) is 0 Å². The lowest BCUT2D eigenvalue weighted by Gasteiger charge is -2.05. The van der Waals surface area contributed by atoms with E-state index in [2.05, 4.69) is 17.1 Å². The van der Waals surface area contributed by atoms with E-state index in [1.165, 1.54) is 0 Å². The molecule has 0 aliphatic rings. The third-order valence-electron chi connectivity index (χ3n) is 1.37. The zero-order valence-electron chi connectivity index (χ0n) is 8.52. The summed E-state index contributed by atoms with van der Waals surface area (Å²) in [5.41, 5.74) is 0. The first-order valence-corrected chi connectivity index (χ1v) is 5.89. The third-order valence-corrected chi connectivity index (χ3v) is 1.99. The number of hydrogen-bond acceptors (Lipinski definition) is 6. The summed E-state index contributed by atoms with van der Waals surface area (Å²) in [6.07, 6.45) is 0. The SMILES string of the molecule is SOCCOCCOCCOCCOI. The topological polar surface area (TPSA) is 46.2 Å². The van der Waals surface area contributed by atoms with E-state index in [0.29, 0.717) is 52.9 Å². The molecular formula is C8H17IO5S. The predicted octanol–water partition coefficient (Wildman–Crippen LogP) is 1.26. The zero-order chi connectivity index (χ0) is 11.2. The third kappa shape index (κ3) is 14.9. The van der Waals surface area contributed by atoms with E-state index < -0.39 is 0 Å². The second-order valence-corrected chi connectivity index (χ2v) is 3.36. The van der Waals surface area contributed by atoms with Crippen molar-refractivity contribution in [3.05, 3.63) is 0 Å². The van der Waals surface area contributed by atoms with E-state index in [1.807, 2.05) is 23.0 Å². The van der Waals surface area contributed by atoms with E-state index in [1.54, 1.807) is 0 Å². The van der Waals surface area contributed by atoms with Crippen LogP contribution in [0.15, 0.2) is 0 Å². The second kappa shape index (κ2) is 14.9. The van der Waals surface area contributed by atoms with Crippen molar-refractivity contribution in [2.24, 2.45) is 0 Å². The molecule has 0 aromatic carbocycles. The van der Waals surface area contributed by atoms with Crippen LogP contribution in [0.5, 0.6) is 0 Å². The van der Waals surface area contributed by atoms with E-state index in [9.17, 15) is 0 Å². The summed E-state index contributed by atoms with van der Waals surface area (Å²) in [4.78, 5) is 0. The Morgan fingerprint density at radius 1 is 0.667 bits per heavy atom. The summed E-state index contributed by atoms with van der Waals surface area (Å²) in [6.45, 7) is 4.52. The van der Waals surface area contributed by atoms with Gasteiger partial charge >= 0.3 is 0 Å². The summed E-state index contributed by atoms with van der Waals surface area (Å²) in [6, 6.07) is 0. The zero-order valence-corrected chi connectivity index (χ0v) is 11.6. The Morgan fingerprint density at radius 3 is 1.47 bits per heavy atom. The van der Waals surface area contributed by atoms with Gasteiger partial charge in [0.1, 0.15) is 23.0 Å². The minimum absolute atomic E-state index is 0.489. The van der Waals surface area contributed by atoms with E-state index >= 15 is 0 Å². The molecule has 0 fully saturated rings. The summed E-state index contributed by atoms with van der Waals surface area (Å²) < 4.78 is 24.9. The molecule has 0 atom stereocenters. The van der Waals surface area contributed by atoms with Crippen LogP contribution < -0.4 is 0 Å². The standard InChI is InChI=1S/C8H17IO5S/c9-13-7-5-11-3-1-10-2-4-12-6-8-14-15/h15H,1-8H2. The van der Waals surface area contributed by atoms with Crippen LogP contribution in [0.3, 0.4) is 0 Å². The lowest BCUT2D eigenvalue weighted by molar-refractivity contribution is 0.00770. The molecule has 0 radical (unpaired) electrons. The van der Waals surface area contributed by atoms with Crippen molar-refractivity contribution >= 4 is 35.9 Å². The first-order chi connectivity index (χ1) is 7.41. The fourth-order valence-corrected chi connectivity index (χ4v) is 0.983. The average molecular weight is 352 g/mol. The molecule has 0 amide bonds. The van der Waals surface area contributed by atoms with Gasteiger partial charge in [-0.25, -0.2) is 0 Å². The molecule has 5 nitrogen and oxygen atoms in total. The predicted molar refractivity (Wildman–Crippen MR) is 67.4 cm³/mol. The Balaban J connectivity index is 2.81. The fraction of sp³-hybridized carbons (Fsp3) is 1.00. The molecule has 7 heteroatoms. The first-order valence-electron chi connectivity index (χ1n) is 4.65. The van der Waals surface area contributed by atoms with Gasteiger partial charge in [-0.15, -0.1) is 0 Å². The van der Waals surface area contributed by atoms with Crippen LogP contribution >= 0.6 is 35.9 Å². The van der Waals surface area contributed by atoms with Gasteiger partial charge in [0.2, 0.25) is 0 Å². The molecule has 0 aliphatic carbocycles. The van der Waals surface area contributed by atoms with Gasteiger partial charge in [-0.1, -0.05) is 0 Å². The second-order valence-electron chi connectivity index (χ2n) is 2.48. The molecule has 0 saturated carbocycles. The minimum Gasteiger partial charge on any atom is -0.377 e. The van der Waals surface area contributed by atoms with Crippen molar-refractivity contribution in [3.63, 3.8) is 0 Å². The van der Waals surface area contributed by atoms with Crippen LogP contribution in [0.4, 0.5) is 0 Å². The van der Waals surface area contributed by atoms with E-state index in [4.69, 9.17) is 17.3 Å². The lowest BCUT2D eigenvalue weighted by Crippen LogP contribution is -2.12. The summed E-state index contributed by atoms with van der Waals surface area (Å²) in [7, 11) is 0. The number of rotatable bonds is 12. The maximum Gasteiger partial charge on any atom is 0.109 e. The highest BCUT2D eigenvalue weighted by molar-refractivity contribution is 14.1. The molecule has 0 N–H and O–H groups in total. The lowest BCUT2D eigenvalue weighted by atomic mass is 10.7. The van der Waals surface area contributed by atoms with E-state index in [-0.39, 0.29) is 0 Å². The first kappa shape index (κ1) is 15.9. The monoisotopic (exact) mass is 352 g/mol. The van der Waals surface area contributed by atoms with Gasteiger partial charge in [0.05, 0.1) is 52.9 Å². The van der Waals surface area contributed by atoms with Gasteiger partial charge in [0.25, 0.3) is 0 Å². The molecule has 0 bridgehead atoms. The van der Waals surface area contributed by atoms with Gasteiger partial charge in [-0.3, -0.25) is 0 Å². The van der Waals surface area contributed by atoms with Crippen molar-refractivity contribution in [2.45, 2.75) is 0 Å². The molecule has 0 aromatic rings. The van der Waals surface area contributed by atoms with Crippen LogP contribution in [0.25, 0.3) is 0 Å². The highest BCUT2D eigenvalue weighted by atomic mass is 127. The maximum absolute atomic E-state index is 5.24. The van der Waals surface area contributed by atoms with Gasteiger partial charge in [-0.05, 0) is 12.9 Å². The number of hydrogen-bond donors (Lipinski definition) is 1. The van der Waals surface area contributed by atoms with Crippen LogP contribution in [-0.2, 0) is 21.5 Å². The van der Waals surface area contributed by atoms with Crippen molar-refractivity contribution in [1.29, 1.82) is 0 Å². The van der Waals surface area contributed by atoms with Crippen LogP contribution in [0.1, 0.15) is 0 Å². The summed E-state index contributed by atoms with van der Waals surface area (Å²) in [5.74, 6) is 0. The van der Waals surface area contributed by atoms with Crippen LogP contribution in [0.2, 0.25) is 0 Å². The Labute approximate surface area is 110 Å². The Morgan fingerprint density at radius 2 is 1.07 bits per heavy atom.